The topological polar surface area (TPSA) is 47.3 Å². The summed E-state index contributed by atoms with van der Waals surface area (Å²) in [5.41, 5.74) is 3.05. The average molecular weight is 175 g/mol. The zero-order chi connectivity index (χ0) is 9.42. The van der Waals surface area contributed by atoms with Gasteiger partial charge in [-0.05, 0) is 19.9 Å². The van der Waals surface area contributed by atoms with Crippen molar-refractivity contribution in [1.82, 2.24) is 14.6 Å². The quantitative estimate of drug-likeness (QED) is 0.611. The van der Waals surface area contributed by atoms with Crippen LogP contribution in [0.25, 0.3) is 5.65 Å². The highest BCUT2D eigenvalue weighted by molar-refractivity contribution is 5.74. The Morgan fingerprint density at radius 1 is 1.38 bits per heavy atom. The number of carbonyl (C=O) groups is 1. The lowest BCUT2D eigenvalue weighted by Gasteiger charge is -1.98. The molecule has 0 saturated heterocycles. The van der Waals surface area contributed by atoms with Crippen LogP contribution >= 0.6 is 0 Å². The smallest absolute Gasteiger partial charge is 0.170 e. The van der Waals surface area contributed by atoms with E-state index in [0.717, 1.165) is 23.3 Å². The van der Waals surface area contributed by atoms with Crippen LogP contribution in [0.2, 0.25) is 0 Å². The number of aldehydes is 1. The van der Waals surface area contributed by atoms with E-state index >= 15 is 0 Å². The summed E-state index contributed by atoms with van der Waals surface area (Å²) in [6.07, 6.45) is 0.726. The lowest BCUT2D eigenvalue weighted by Crippen LogP contribution is -1.97. The minimum absolute atomic E-state index is 0.418. The van der Waals surface area contributed by atoms with Gasteiger partial charge in [0.15, 0.2) is 11.9 Å². The Labute approximate surface area is 75.2 Å². The molecule has 0 aliphatic carbocycles. The van der Waals surface area contributed by atoms with Gasteiger partial charge in [0, 0.05) is 17.5 Å². The van der Waals surface area contributed by atoms with E-state index in [2.05, 4.69) is 10.1 Å². The number of hydrogen-bond donors (Lipinski definition) is 0. The molecule has 66 valence electrons. The first-order valence-corrected chi connectivity index (χ1v) is 4.00. The zero-order valence-electron chi connectivity index (χ0n) is 7.48. The normalized spacial score (nSPS) is 10.6. The van der Waals surface area contributed by atoms with Gasteiger partial charge in [-0.15, -0.1) is 0 Å². The molecule has 0 fully saturated rings. The average Bonchev–Trinajstić information content (AvgIpc) is 2.47. The van der Waals surface area contributed by atoms with E-state index in [4.69, 9.17) is 0 Å². The van der Waals surface area contributed by atoms with Crippen LogP contribution in [-0.4, -0.2) is 20.9 Å². The summed E-state index contributed by atoms with van der Waals surface area (Å²) in [5.74, 6) is 0. The molecule has 0 aliphatic heterocycles. The lowest BCUT2D eigenvalue weighted by atomic mass is 10.3. The third kappa shape index (κ3) is 1.20. The molecule has 0 atom stereocenters. The first kappa shape index (κ1) is 7.91. The highest BCUT2D eigenvalue weighted by atomic mass is 16.1. The van der Waals surface area contributed by atoms with Crippen LogP contribution < -0.4 is 0 Å². The van der Waals surface area contributed by atoms with E-state index in [0.29, 0.717) is 5.69 Å². The molecule has 0 aliphatic rings. The van der Waals surface area contributed by atoms with Crippen molar-refractivity contribution in [2.75, 3.05) is 0 Å². The number of hydrogen-bond acceptors (Lipinski definition) is 3. The van der Waals surface area contributed by atoms with Gasteiger partial charge in [-0.1, -0.05) is 0 Å². The summed E-state index contributed by atoms with van der Waals surface area (Å²) in [6, 6.07) is 3.60. The van der Waals surface area contributed by atoms with Gasteiger partial charge in [0.25, 0.3) is 0 Å². The maximum Gasteiger partial charge on any atom is 0.170 e. The van der Waals surface area contributed by atoms with Gasteiger partial charge < -0.3 is 0 Å². The number of nitrogens with zero attached hydrogens (tertiary/aromatic N) is 3. The highest BCUT2D eigenvalue weighted by Gasteiger charge is 2.03. The molecular weight excluding hydrogens is 166 g/mol. The van der Waals surface area contributed by atoms with E-state index in [1.165, 1.54) is 0 Å². The number of fused-ring (bicyclic) bond motifs is 1. The number of carbonyl (C=O) groups excluding carboxylic acids is 1. The molecule has 4 nitrogen and oxygen atoms in total. The second-order valence-corrected chi connectivity index (χ2v) is 3.00. The molecule has 0 amide bonds. The molecule has 2 aromatic rings. The Morgan fingerprint density at radius 3 is 2.85 bits per heavy atom. The van der Waals surface area contributed by atoms with Gasteiger partial charge in [0.1, 0.15) is 5.69 Å². The van der Waals surface area contributed by atoms with Crippen molar-refractivity contribution in [2.45, 2.75) is 13.8 Å². The Hall–Kier alpha value is -1.71. The Morgan fingerprint density at radius 2 is 2.15 bits per heavy atom. The monoisotopic (exact) mass is 175 g/mol. The Balaban J connectivity index is 2.82. The van der Waals surface area contributed by atoms with Crippen molar-refractivity contribution in [2.24, 2.45) is 0 Å². The first-order chi connectivity index (χ1) is 6.20. The molecule has 0 bridgehead atoms. The molecule has 2 heterocycles. The van der Waals surface area contributed by atoms with Crippen LogP contribution in [0.15, 0.2) is 12.1 Å². The third-order valence-electron chi connectivity index (χ3n) is 1.87. The first-order valence-electron chi connectivity index (χ1n) is 4.00. The summed E-state index contributed by atoms with van der Waals surface area (Å²) in [6.45, 7) is 3.85. The summed E-state index contributed by atoms with van der Waals surface area (Å²) in [5, 5.41) is 4.06. The predicted octanol–water partition coefficient (Wildman–Crippen LogP) is 1.16. The summed E-state index contributed by atoms with van der Waals surface area (Å²) in [4.78, 5) is 14.7. The standard InChI is InChI=1S/C9H9N3O/c1-6-3-7(2)12-9(10-6)4-8(5-13)11-12/h3-5H,1-2H3. The molecular formula is C9H9N3O. The van der Waals surface area contributed by atoms with Crippen LogP contribution in [0.3, 0.4) is 0 Å². The SMILES string of the molecule is Cc1cc(C)n2nc(C=O)cc2n1. The number of aryl methyl sites for hydroxylation is 2. The fraction of sp³-hybridized carbons (Fsp3) is 0.222. The third-order valence-corrected chi connectivity index (χ3v) is 1.87. The van der Waals surface area contributed by atoms with Crippen LogP contribution in [0.4, 0.5) is 0 Å². The van der Waals surface area contributed by atoms with E-state index in [1.54, 1.807) is 10.6 Å². The van der Waals surface area contributed by atoms with Crippen molar-refractivity contribution in [1.29, 1.82) is 0 Å². The maximum atomic E-state index is 10.5. The van der Waals surface area contributed by atoms with E-state index < -0.39 is 0 Å². The van der Waals surface area contributed by atoms with Crippen LogP contribution in [-0.2, 0) is 0 Å². The Bertz CT molecular complexity index is 473. The summed E-state index contributed by atoms with van der Waals surface area (Å²) in [7, 11) is 0. The maximum absolute atomic E-state index is 10.5. The van der Waals surface area contributed by atoms with E-state index in [1.807, 2.05) is 19.9 Å². The molecule has 0 radical (unpaired) electrons. The molecule has 4 heteroatoms. The van der Waals surface area contributed by atoms with Crippen LogP contribution in [0.5, 0.6) is 0 Å². The van der Waals surface area contributed by atoms with Crippen molar-refractivity contribution in [3.63, 3.8) is 0 Å². The molecule has 2 rings (SSSR count). The molecule has 0 N–H and O–H groups in total. The molecule has 13 heavy (non-hydrogen) atoms. The predicted molar refractivity (Wildman–Crippen MR) is 47.8 cm³/mol. The number of rotatable bonds is 1. The highest BCUT2D eigenvalue weighted by Crippen LogP contribution is 2.07. The number of aromatic nitrogens is 3. The minimum Gasteiger partial charge on any atom is -0.296 e. The molecule has 2 aromatic heterocycles. The van der Waals surface area contributed by atoms with E-state index in [9.17, 15) is 4.79 Å². The molecule has 0 spiro atoms. The molecule has 0 aromatic carbocycles. The van der Waals surface area contributed by atoms with Gasteiger partial charge >= 0.3 is 0 Å². The fourth-order valence-corrected chi connectivity index (χ4v) is 1.36. The lowest BCUT2D eigenvalue weighted by molar-refractivity contribution is 0.111. The largest absolute Gasteiger partial charge is 0.296 e. The van der Waals surface area contributed by atoms with Crippen molar-refractivity contribution in [3.05, 3.63) is 29.2 Å². The minimum atomic E-state index is 0.418. The van der Waals surface area contributed by atoms with Gasteiger partial charge in [-0.3, -0.25) is 4.79 Å². The van der Waals surface area contributed by atoms with Crippen molar-refractivity contribution >= 4 is 11.9 Å². The summed E-state index contributed by atoms with van der Waals surface area (Å²) < 4.78 is 1.66. The van der Waals surface area contributed by atoms with Crippen molar-refractivity contribution < 1.29 is 4.79 Å². The van der Waals surface area contributed by atoms with Gasteiger partial charge in [-0.2, -0.15) is 5.10 Å². The Kier molecular flexibility index (Phi) is 1.62. The second-order valence-electron chi connectivity index (χ2n) is 3.00. The van der Waals surface area contributed by atoms with E-state index in [-0.39, 0.29) is 0 Å². The van der Waals surface area contributed by atoms with Crippen LogP contribution in [0.1, 0.15) is 21.9 Å². The van der Waals surface area contributed by atoms with Gasteiger partial charge in [-0.25, -0.2) is 9.50 Å². The second kappa shape index (κ2) is 2.65. The van der Waals surface area contributed by atoms with Gasteiger partial charge in [0.2, 0.25) is 0 Å². The molecule has 0 saturated carbocycles. The van der Waals surface area contributed by atoms with Crippen molar-refractivity contribution in [3.8, 4) is 0 Å². The zero-order valence-corrected chi connectivity index (χ0v) is 7.48. The summed E-state index contributed by atoms with van der Waals surface area (Å²) >= 11 is 0. The van der Waals surface area contributed by atoms with Crippen LogP contribution in [0, 0.1) is 13.8 Å². The molecule has 0 unspecified atom stereocenters. The fourth-order valence-electron chi connectivity index (χ4n) is 1.36. The van der Waals surface area contributed by atoms with Gasteiger partial charge in [0.05, 0.1) is 0 Å².